The van der Waals surface area contributed by atoms with Crippen molar-refractivity contribution in [3.05, 3.63) is 75.6 Å². The van der Waals surface area contributed by atoms with Crippen molar-refractivity contribution in [3.8, 4) is 5.69 Å². The maximum absolute atomic E-state index is 12.3. The number of aromatic nitrogens is 5. The molecule has 0 atom stereocenters. The summed E-state index contributed by atoms with van der Waals surface area (Å²) in [7, 11) is 0. The van der Waals surface area contributed by atoms with Crippen LogP contribution in [0.1, 0.15) is 11.6 Å². The molecule has 0 saturated heterocycles. The minimum absolute atomic E-state index is 0.200. The maximum atomic E-state index is 12.3. The SMILES string of the molecule is Cc1nnc(SCc2nc3ccc(Cl)cc3c(=O)[nH]2)n1-c1ccccc1. The summed E-state index contributed by atoms with van der Waals surface area (Å²) in [6.45, 7) is 1.91. The van der Waals surface area contributed by atoms with Crippen molar-refractivity contribution in [2.75, 3.05) is 0 Å². The summed E-state index contributed by atoms with van der Waals surface area (Å²) in [5, 5.41) is 10.1. The fraction of sp³-hybridized carbons (Fsp3) is 0.111. The Labute approximate surface area is 158 Å². The van der Waals surface area contributed by atoms with E-state index >= 15 is 0 Å². The van der Waals surface area contributed by atoms with E-state index in [1.54, 1.807) is 18.2 Å². The van der Waals surface area contributed by atoms with Gasteiger partial charge in [0.1, 0.15) is 11.6 Å². The van der Waals surface area contributed by atoms with E-state index in [-0.39, 0.29) is 5.56 Å². The van der Waals surface area contributed by atoms with Crippen LogP contribution in [-0.4, -0.2) is 24.7 Å². The molecule has 4 aromatic rings. The Morgan fingerprint density at radius 1 is 1.15 bits per heavy atom. The number of benzene rings is 2. The van der Waals surface area contributed by atoms with Gasteiger partial charge in [-0.3, -0.25) is 9.36 Å². The predicted molar refractivity (Wildman–Crippen MR) is 103 cm³/mol. The van der Waals surface area contributed by atoms with E-state index in [1.807, 2.05) is 41.8 Å². The first kappa shape index (κ1) is 16.8. The lowest BCUT2D eigenvalue weighted by atomic mass is 10.2. The van der Waals surface area contributed by atoms with Crippen molar-refractivity contribution in [1.29, 1.82) is 0 Å². The van der Waals surface area contributed by atoms with Gasteiger partial charge < -0.3 is 4.98 Å². The minimum Gasteiger partial charge on any atom is -0.309 e. The van der Waals surface area contributed by atoms with Crippen LogP contribution in [-0.2, 0) is 5.75 Å². The highest BCUT2D eigenvalue weighted by atomic mass is 35.5. The Morgan fingerprint density at radius 3 is 2.77 bits per heavy atom. The van der Waals surface area contributed by atoms with Crippen molar-refractivity contribution in [1.82, 2.24) is 24.7 Å². The molecule has 0 aliphatic carbocycles. The van der Waals surface area contributed by atoms with Crippen molar-refractivity contribution in [2.45, 2.75) is 17.8 Å². The van der Waals surface area contributed by atoms with Crippen LogP contribution in [0.3, 0.4) is 0 Å². The highest BCUT2D eigenvalue weighted by Crippen LogP contribution is 2.24. The summed E-state index contributed by atoms with van der Waals surface area (Å²) < 4.78 is 1.98. The molecule has 0 amide bonds. The average Bonchev–Trinajstić information content (AvgIpc) is 3.02. The molecule has 6 nitrogen and oxygen atoms in total. The number of fused-ring (bicyclic) bond motifs is 1. The van der Waals surface area contributed by atoms with Crippen LogP contribution in [0.5, 0.6) is 0 Å². The zero-order valence-electron chi connectivity index (χ0n) is 13.8. The number of aromatic amines is 1. The molecule has 0 aliphatic rings. The Hall–Kier alpha value is -2.64. The summed E-state index contributed by atoms with van der Waals surface area (Å²) in [5.41, 5.74) is 1.41. The fourth-order valence-electron chi connectivity index (χ4n) is 2.67. The van der Waals surface area contributed by atoms with Gasteiger partial charge in [0.05, 0.1) is 16.7 Å². The van der Waals surface area contributed by atoms with Gasteiger partial charge in [-0.25, -0.2) is 4.98 Å². The highest BCUT2D eigenvalue weighted by Gasteiger charge is 2.12. The Balaban J connectivity index is 1.64. The number of rotatable bonds is 4. The van der Waals surface area contributed by atoms with Crippen LogP contribution < -0.4 is 5.56 Å². The second-order valence-electron chi connectivity index (χ2n) is 5.66. The first-order valence-electron chi connectivity index (χ1n) is 7.90. The molecule has 26 heavy (non-hydrogen) atoms. The van der Waals surface area contributed by atoms with Gasteiger partial charge in [-0.1, -0.05) is 41.6 Å². The lowest BCUT2D eigenvalue weighted by molar-refractivity contribution is 0.866. The molecule has 0 bridgehead atoms. The molecule has 1 N–H and O–H groups in total. The molecule has 0 fully saturated rings. The van der Waals surface area contributed by atoms with Gasteiger partial charge in [0.2, 0.25) is 0 Å². The first-order chi connectivity index (χ1) is 12.6. The summed E-state index contributed by atoms with van der Waals surface area (Å²) in [4.78, 5) is 19.6. The van der Waals surface area contributed by atoms with Crippen molar-refractivity contribution >= 4 is 34.3 Å². The minimum atomic E-state index is -0.200. The van der Waals surface area contributed by atoms with Gasteiger partial charge in [-0.15, -0.1) is 10.2 Å². The summed E-state index contributed by atoms with van der Waals surface area (Å²) in [5.74, 6) is 1.85. The third-order valence-corrected chi connectivity index (χ3v) is 5.04. The van der Waals surface area contributed by atoms with Crippen molar-refractivity contribution in [2.24, 2.45) is 0 Å². The van der Waals surface area contributed by atoms with Crippen LogP contribution >= 0.6 is 23.4 Å². The number of H-pyrrole nitrogens is 1. The topological polar surface area (TPSA) is 76.5 Å². The molecule has 2 aromatic carbocycles. The number of hydrogen-bond donors (Lipinski definition) is 1. The Kier molecular flexibility index (Phi) is 4.48. The van der Waals surface area contributed by atoms with E-state index in [2.05, 4.69) is 20.2 Å². The Morgan fingerprint density at radius 2 is 1.96 bits per heavy atom. The lowest BCUT2D eigenvalue weighted by Crippen LogP contribution is -2.11. The molecule has 8 heteroatoms. The van der Waals surface area contributed by atoms with Crippen LogP contribution in [0.4, 0.5) is 0 Å². The number of aryl methyl sites for hydroxylation is 1. The van der Waals surface area contributed by atoms with E-state index in [0.717, 1.165) is 16.7 Å². The van der Waals surface area contributed by atoms with Crippen LogP contribution in [0, 0.1) is 6.92 Å². The molecule has 4 rings (SSSR count). The molecule has 0 saturated carbocycles. The molecule has 0 spiro atoms. The normalized spacial score (nSPS) is 11.2. The van der Waals surface area contributed by atoms with Gasteiger partial charge in [0.25, 0.3) is 5.56 Å². The van der Waals surface area contributed by atoms with Crippen molar-refractivity contribution < 1.29 is 0 Å². The highest BCUT2D eigenvalue weighted by molar-refractivity contribution is 7.98. The Bertz CT molecular complexity index is 1140. The van der Waals surface area contributed by atoms with Gasteiger partial charge in [0, 0.05) is 10.7 Å². The molecule has 2 aromatic heterocycles. The number of nitrogens with zero attached hydrogens (tertiary/aromatic N) is 4. The number of hydrogen-bond acceptors (Lipinski definition) is 5. The first-order valence-corrected chi connectivity index (χ1v) is 9.27. The fourth-order valence-corrected chi connectivity index (χ4v) is 3.71. The zero-order chi connectivity index (χ0) is 18.1. The maximum Gasteiger partial charge on any atom is 0.258 e. The second-order valence-corrected chi connectivity index (χ2v) is 7.04. The smallest absolute Gasteiger partial charge is 0.258 e. The quantitative estimate of drug-likeness (QED) is 0.543. The zero-order valence-corrected chi connectivity index (χ0v) is 15.4. The van der Waals surface area contributed by atoms with E-state index in [1.165, 1.54) is 11.8 Å². The van der Waals surface area contributed by atoms with Gasteiger partial charge in [-0.05, 0) is 37.3 Å². The van der Waals surface area contributed by atoms with Crippen LogP contribution in [0.2, 0.25) is 5.02 Å². The predicted octanol–water partition coefficient (Wildman–Crippen LogP) is 3.76. The molecular weight excluding hydrogens is 370 g/mol. The number of para-hydroxylation sites is 1. The number of nitrogens with one attached hydrogen (secondary N) is 1. The van der Waals surface area contributed by atoms with Gasteiger partial charge >= 0.3 is 0 Å². The molecule has 0 radical (unpaired) electrons. The molecule has 0 unspecified atom stereocenters. The molecule has 130 valence electrons. The molecular formula is C18H14ClN5OS. The number of halogens is 1. The molecule has 0 aliphatic heterocycles. The van der Waals surface area contributed by atoms with Gasteiger partial charge in [-0.2, -0.15) is 0 Å². The lowest BCUT2D eigenvalue weighted by Gasteiger charge is -2.08. The summed E-state index contributed by atoms with van der Waals surface area (Å²) in [6, 6.07) is 15.0. The summed E-state index contributed by atoms with van der Waals surface area (Å²) >= 11 is 7.41. The van der Waals surface area contributed by atoms with Gasteiger partial charge in [0.15, 0.2) is 5.16 Å². The monoisotopic (exact) mass is 383 g/mol. The third-order valence-electron chi connectivity index (χ3n) is 3.86. The van der Waals surface area contributed by atoms with E-state index < -0.39 is 0 Å². The second kappa shape index (κ2) is 6.93. The van der Waals surface area contributed by atoms with Crippen LogP contribution in [0.25, 0.3) is 16.6 Å². The third kappa shape index (κ3) is 3.23. The van der Waals surface area contributed by atoms with E-state index in [0.29, 0.717) is 27.5 Å². The molecule has 2 heterocycles. The largest absolute Gasteiger partial charge is 0.309 e. The average molecular weight is 384 g/mol. The van der Waals surface area contributed by atoms with E-state index in [4.69, 9.17) is 11.6 Å². The van der Waals surface area contributed by atoms with Crippen LogP contribution in [0.15, 0.2) is 58.5 Å². The summed E-state index contributed by atoms with van der Waals surface area (Å²) in [6.07, 6.45) is 0. The standard InChI is InChI=1S/C18H14ClN5OS/c1-11-22-23-18(24(11)13-5-3-2-4-6-13)26-10-16-20-15-8-7-12(19)9-14(15)17(25)21-16/h2-9H,10H2,1H3,(H,20,21,25). The van der Waals surface area contributed by atoms with Crippen molar-refractivity contribution in [3.63, 3.8) is 0 Å². The number of thioether (sulfide) groups is 1. The van der Waals surface area contributed by atoms with E-state index in [9.17, 15) is 4.79 Å².